The Morgan fingerprint density at radius 3 is 2.35 bits per heavy atom. The van der Waals surface area contributed by atoms with Gasteiger partial charge in [0.25, 0.3) is 11.1 Å². The highest BCUT2D eigenvalue weighted by molar-refractivity contribution is 8.18. The minimum absolute atomic E-state index is 0.0288. The van der Waals surface area contributed by atoms with E-state index in [1.165, 1.54) is 30.3 Å². The van der Waals surface area contributed by atoms with Crippen LogP contribution in [0.3, 0.4) is 0 Å². The van der Waals surface area contributed by atoms with Gasteiger partial charge in [-0.15, -0.1) is 0 Å². The molecular weight excluding hydrogens is 424 g/mol. The van der Waals surface area contributed by atoms with Gasteiger partial charge in [0.15, 0.2) is 5.75 Å². The van der Waals surface area contributed by atoms with Crippen molar-refractivity contribution in [2.75, 3.05) is 0 Å². The highest BCUT2D eigenvalue weighted by Crippen LogP contribution is 2.37. The van der Waals surface area contributed by atoms with Gasteiger partial charge in [-0.2, -0.15) is 0 Å². The first-order chi connectivity index (χ1) is 12.3. The lowest BCUT2D eigenvalue weighted by molar-refractivity contribution is -0.123. The van der Waals surface area contributed by atoms with Crippen LogP contribution in [-0.4, -0.2) is 21.2 Å². The average molecular weight is 433 g/mol. The zero-order chi connectivity index (χ0) is 19.0. The van der Waals surface area contributed by atoms with E-state index < -0.39 is 17.0 Å². The Morgan fingerprint density at radius 1 is 1.08 bits per heavy atom. The Morgan fingerprint density at radius 2 is 1.73 bits per heavy atom. The van der Waals surface area contributed by atoms with Crippen LogP contribution < -0.4 is 0 Å². The summed E-state index contributed by atoms with van der Waals surface area (Å²) in [5.74, 6) is -1.28. The summed E-state index contributed by atoms with van der Waals surface area (Å²) in [5, 5.41) is 9.29. The summed E-state index contributed by atoms with van der Waals surface area (Å²) < 4.78 is 13.1. The number of phenolic OH excluding ortho intramolecular Hbond substituents is 1. The van der Waals surface area contributed by atoms with E-state index >= 15 is 0 Å². The minimum Gasteiger partial charge on any atom is -0.505 e. The summed E-state index contributed by atoms with van der Waals surface area (Å²) in [6.45, 7) is -0.0712. The van der Waals surface area contributed by atoms with Crippen molar-refractivity contribution in [3.8, 4) is 5.75 Å². The highest BCUT2D eigenvalue weighted by Gasteiger charge is 2.35. The smallest absolute Gasteiger partial charge is 0.293 e. The molecule has 0 atom stereocenters. The Kier molecular flexibility index (Phi) is 5.48. The Bertz CT molecular complexity index is 941. The molecular formula is C17H9Cl3FNO3S. The van der Waals surface area contributed by atoms with Crippen molar-refractivity contribution < 1.29 is 19.1 Å². The fourth-order valence-corrected chi connectivity index (χ4v) is 3.85. The minimum atomic E-state index is -0.513. The van der Waals surface area contributed by atoms with Gasteiger partial charge >= 0.3 is 0 Å². The molecule has 1 fully saturated rings. The van der Waals surface area contributed by atoms with Gasteiger partial charge in [-0.1, -0.05) is 40.9 Å². The standard InChI is InChI=1S/C17H9Cl3FNO3S/c18-11-6-10(21)2-1-9(11)7-22-16(24)14(26-17(22)25)5-8-3-12(19)15(23)13(20)4-8/h1-6,23H,7H2/b14-5-. The molecule has 9 heteroatoms. The van der Waals surface area contributed by atoms with Gasteiger partial charge in [0.05, 0.1) is 21.5 Å². The maximum absolute atomic E-state index is 13.1. The predicted octanol–water partition coefficient (Wildman–Crippen LogP) is 5.73. The van der Waals surface area contributed by atoms with Gasteiger partial charge in [0.2, 0.25) is 0 Å². The monoisotopic (exact) mass is 431 g/mol. The highest BCUT2D eigenvalue weighted by atomic mass is 35.5. The fraction of sp³-hybridized carbons (Fsp3) is 0.0588. The summed E-state index contributed by atoms with van der Waals surface area (Å²) in [6, 6.07) is 6.59. The number of halogens is 4. The van der Waals surface area contributed by atoms with Crippen molar-refractivity contribution in [3.05, 3.63) is 67.2 Å². The number of phenols is 1. The molecule has 2 amide bonds. The SMILES string of the molecule is O=C1S/C(=C\c2cc(Cl)c(O)c(Cl)c2)C(=O)N1Cc1ccc(F)cc1Cl. The zero-order valence-corrected chi connectivity index (χ0v) is 15.9. The quantitative estimate of drug-likeness (QED) is 0.629. The first-order valence-corrected chi connectivity index (χ1v) is 9.08. The lowest BCUT2D eigenvalue weighted by Crippen LogP contribution is -2.27. The average Bonchev–Trinajstić information content (AvgIpc) is 2.82. The normalized spacial score (nSPS) is 16.0. The van der Waals surface area contributed by atoms with E-state index in [9.17, 15) is 19.1 Å². The van der Waals surface area contributed by atoms with Crippen LogP contribution in [0.5, 0.6) is 5.75 Å². The van der Waals surface area contributed by atoms with Crippen LogP contribution in [0.25, 0.3) is 6.08 Å². The Hall–Kier alpha value is -1.73. The molecule has 134 valence electrons. The molecule has 3 rings (SSSR count). The lowest BCUT2D eigenvalue weighted by atomic mass is 10.2. The molecule has 2 aromatic rings. The summed E-state index contributed by atoms with van der Waals surface area (Å²) >= 11 is 18.4. The second-order valence-corrected chi connectivity index (χ2v) is 7.55. The molecule has 1 saturated heterocycles. The number of amides is 2. The number of carbonyl (C=O) groups is 2. The third-order valence-electron chi connectivity index (χ3n) is 3.55. The molecule has 1 heterocycles. The van der Waals surface area contributed by atoms with Crippen LogP contribution in [0, 0.1) is 5.82 Å². The van der Waals surface area contributed by atoms with Crippen molar-refractivity contribution in [1.82, 2.24) is 4.90 Å². The third-order valence-corrected chi connectivity index (χ3v) is 5.39. The summed E-state index contributed by atoms with van der Waals surface area (Å²) in [5.41, 5.74) is 0.912. The molecule has 1 aliphatic heterocycles. The number of benzene rings is 2. The maximum atomic E-state index is 13.1. The van der Waals surface area contributed by atoms with Crippen molar-refractivity contribution in [1.29, 1.82) is 0 Å². The first kappa shape index (κ1) is 19.0. The topological polar surface area (TPSA) is 57.6 Å². The molecule has 0 aromatic heterocycles. The maximum Gasteiger partial charge on any atom is 0.293 e. The number of thioether (sulfide) groups is 1. The number of hydrogen-bond donors (Lipinski definition) is 1. The number of nitrogens with zero attached hydrogens (tertiary/aromatic N) is 1. The van der Waals surface area contributed by atoms with E-state index in [1.807, 2.05) is 0 Å². The van der Waals surface area contributed by atoms with Crippen LogP contribution in [-0.2, 0) is 11.3 Å². The number of rotatable bonds is 3. The molecule has 0 aliphatic carbocycles. The van der Waals surface area contributed by atoms with Crippen LogP contribution in [0.4, 0.5) is 9.18 Å². The molecule has 2 aromatic carbocycles. The van der Waals surface area contributed by atoms with Gasteiger partial charge in [-0.05, 0) is 53.2 Å². The van der Waals surface area contributed by atoms with E-state index in [4.69, 9.17) is 34.8 Å². The van der Waals surface area contributed by atoms with E-state index in [-0.39, 0.29) is 32.3 Å². The molecule has 0 radical (unpaired) electrons. The molecule has 0 spiro atoms. The second kappa shape index (κ2) is 7.48. The summed E-state index contributed by atoms with van der Waals surface area (Å²) in [4.78, 5) is 25.9. The molecule has 0 unspecified atom stereocenters. The van der Waals surface area contributed by atoms with Gasteiger partial charge in [-0.25, -0.2) is 4.39 Å². The van der Waals surface area contributed by atoms with Crippen molar-refractivity contribution >= 4 is 63.8 Å². The van der Waals surface area contributed by atoms with Crippen molar-refractivity contribution in [2.24, 2.45) is 0 Å². The fourth-order valence-electron chi connectivity index (χ4n) is 2.28. The second-order valence-electron chi connectivity index (χ2n) is 5.34. The number of imide groups is 1. The molecule has 0 saturated carbocycles. The summed E-state index contributed by atoms with van der Waals surface area (Å²) in [6.07, 6.45) is 1.45. The number of carbonyl (C=O) groups excluding carboxylic acids is 2. The summed E-state index contributed by atoms with van der Waals surface area (Å²) in [7, 11) is 0. The van der Waals surface area contributed by atoms with Gasteiger partial charge < -0.3 is 5.11 Å². The molecule has 26 heavy (non-hydrogen) atoms. The van der Waals surface area contributed by atoms with Crippen LogP contribution in [0.2, 0.25) is 15.1 Å². The predicted molar refractivity (Wildman–Crippen MR) is 101 cm³/mol. The third kappa shape index (κ3) is 3.83. The molecule has 1 aliphatic rings. The van der Waals surface area contributed by atoms with E-state index in [0.29, 0.717) is 11.1 Å². The molecule has 4 nitrogen and oxygen atoms in total. The van der Waals surface area contributed by atoms with Crippen LogP contribution >= 0.6 is 46.6 Å². The largest absolute Gasteiger partial charge is 0.505 e. The number of hydrogen-bond acceptors (Lipinski definition) is 4. The van der Waals surface area contributed by atoms with Gasteiger partial charge in [0.1, 0.15) is 5.82 Å². The van der Waals surface area contributed by atoms with Crippen molar-refractivity contribution in [2.45, 2.75) is 6.54 Å². The van der Waals surface area contributed by atoms with E-state index in [2.05, 4.69) is 0 Å². The molecule has 0 bridgehead atoms. The molecule has 1 N–H and O–H groups in total. The van der Waals surface area contributed by atoms with Gasteiger partial charge in [-0.3, -0.25) is 14.5 Å². The van der Waals surface area contributed by atoms with Crippen LogP contribution in [0.15, 0.2) is 35.2 Å². The van der Waals surface area contributed by atoms with E-state index in [1.54, 1.807) is 0 Å². The van der Waals surface area contributed by atoms with E-state index in [0.717, 1.165) is 22.7 Å². The zero-order valence-electron chi connectivity index (χ0n) is 12.8. The van der Waals surface area contributed by atoms with Crippen LogP contribution in [0.1, 0.15) is 11.1 Å². The first-order valence-electron chi connectivity index (χ1n) is 7.13. The number of aromatic hydroxyl groups is 1. The Labute approximate surface area is 167 Å². The lowest BCUT2D eigenvalue weighted by Gasteiger charge is -2.13. The van der Waals surface area contributed by atoms with Gasteiger partial charge in [0, 0.05) is 5.02 Å². The Balaban J connectivity index is 1.87. The van der Waals surface area contributed by atoms with Crippen molar-refractivity contribution in [3.63, 3.8) is 0 Å².